The normalized spacial score (nSPS) is 14.9. The number of likely N-dealkylation sites (tertiary alicyclic amines) is 1. The highest BCUT2D eigenvalue weighted by molar-refractivity contribution is 7.92. The molecule has 0 aliphatic carbocycles. The predicted octanol–water partition coefficient (Wildman–Crippen LogP) is 3.06. The van der Waals surface area contributed by atoms with Crippen molar-refractivity contribution in [3.63, 3.8) is 0 Å². The summed E-state index contributed by atoms with van der Waals surface area (Å²) in [7, 11) is -2.66. The number of nitro benzene ring substituents is 1. The molecule has 0 spiro atoms. The van der Waals surface area contributed by atoms with Crippen molar-refractivity contribution >= 4 is 27.3 Å². The van der Waals surface area contributed by atoms with Gasteiger partial charge in [-0.2, -0.15) is 0 Å². The zero-order chi connectivity index (χ0) is 25.6. The van der Waals surface area contributed by atoms with Crippen molar-refractivity contribution in [3.05, 3.63) is 63.7 Å². The SMILES string of the molecule is CCC(C(=O)NCc1ccccc1CN1CCCC1)N(c1cc([N+](=O)[O-])ccc1OC)S(C)(=O)=O. The third kappa shape index (κ3) is 6.49. The second-order valence-electron chi connectivity index (χ2n) is 8.57. The molecule has 2 aromatic rings. The summed E-state index contributed by atoms with van der Waals surface area (Å²) in [5.41, 5.74) is 1.71. The van der Waals surface area contributed by atoms with Crippen molar-refractivity contribution in [2.24, 2.45) is 0 Å². The number of amides is 1. The summed E-state index contributed by atoms with van der Waals surface area (Å²) in [6.45, 7) is 4.82. The van der Waals surface area contributed by atoms with E-state index in [2.05, 4.69) is 10.2 Å². The maximum absolute atomic E-state index is 13.3. The quantitative estimate of drug-likeness (QED) is 0.369. The van der Waals surface area contributed by atoms with E-state index in [4.69, 9.17) is 4.74 Å². The molecule has 0 radical (unpaired) electrons. The third-order valence-electron chi connectivity index (χ3n) is 6.10. The molecule has 0 bridgehead atoms. The summed E-state index contributed by atoms with van der Waals surface area (Å²) in [5, 5.41) is 14.2. The topological polar surface area (TPSA) is 122 Å². The first-order valence-electron chi connectivity index (χ1n) is 11.5. The summed E-state index contributed by atoms with van der Waals surface area (Å²) in [4.78, 5) is 26.4. The van der Waals surface area contributed by atoms with Crippen LogP contribution in [0, 0.1) is 10.1 Å². The first-order chi connectivity index (χ1) is 16.7. The number of nitrogens with one attached hydrogen (secondary N) is 1. The van der Waals surface area contributed by atoms with Gasteiger partial charge in [0.2, 0.25) is 15.9 Å². The Morgan fingerprint density at radius 1 is 1.20 bits per heavy atom. The minimum atomic E-state index is -3.99. The van der Waals surface area contributed by atoms with Crippen molar-refractivity contribution in [2.75, 3.05) is 30.8 Å². The summed E-state index contributed by atoms with van der Waals surface area (Å²) < 4.78 is 31.8. The number of nitro groups is 1. The molecule has 1 fully saturated rings. The summed E-state index contributed by atoms with van der Waals surface area (Å²) in [6.07, 6.45) is 3.48. The van der Waals surface area contributed by atoms with E-state index < -0.39 is 26.9 Å². The van der Waals surface area contributed by atoms with Gasteiger partial charge in [0, 0.05) is 25.2 Å². The van der Waals surface area contributed by atoms with Crippen LogP contribution < -0.4 is 14.4 Å². The number of methoxy groups -OCH3 is 1. The molecule has 1 aliphatic heterocycles. The molecule has 1 unspecified atom stereocenters. The average molecular weight is 505 g/mol. The van der Waals surface area contributed by atoms with E-state index in [0.29, 0.717) is 0 Å². The molecule has 2 aromatic carbocycles. The fraction of sp³-hybridized carbons (Fsp3) is 0.458. The van der Waals surface area contributed by atoms with Crippen LogP contribution in [0.2, 0.25) is 0 Å². The lowest BCUT2D eigenvalue weighted by atomic mass is 10.1. The van der Waals surface area contributed by atoms with Crippen LogP contribution in [-0.4, -0.2) is 56.6 Å². The smallest absolute Gasteiger partial charge is 0.271 e. The van der Waals surface area contributed by atoms with Gasteiger partial charge >= 0.3 is 0 Å². The van der Waals surface area contributed by atoms with Gasteiger partial charge < -0.3 is 10.1 Å². The van der Waals surface area contributed by atoms with Crippen LogP contribution in [0.4, 0.5) is 11.4 Å². The number of rotatable bonds is 11. The Hall–Kier alpha value is -3.18. The first kappa shape index (κ1) is 26.4. The number of ether oxygens (including phenoxy) is 1. The molecule has 0 saturated carbocycles. The standard InChI is InChI=1S/C24H32N4O6S/c1-4-21(27(35(3,32)33)22-15-20(28(30)31)11-12-23(22)34-2)24(29)25-16-18-9-5-6-10-19(18)17-26-13-7-8-14-26/h5-6,9-12,15,21H,4,7-8,13-14,16-17H2,1-3H3,(H,25,29). The Morgan fingerprint density at radius 2 is 1.86 bits per heavy atom. The molecule has 35 heavy (non-hydrogen) atoms. The van der Waals surface area contributed by atoms with Crippen LogP contribution in [0.3, 0.4) is 0 Å². The molecule has 190 valence electrons. The highest BCUT2D eigenvalue weighted by Gasteiger charge is 2.34. The van der Waals surface area contributed by atoms with Crippen LogP contribution in [-0.2, 0) is 27.9 Å². The van der Waals surface area contributed by atoms with E-state index in [-0.39, 0.29) is 30.1 Å². The lowest BCUT2D eigenvalue weighted by Crippen LogP contribution is -2.49. The fourth-order valence-electron chi connectivity index (χ4n) is 4.37. The molecular weight excluding hydrogens is 472 g/mol. The number of carbonyl (C=O) groups is 1. The molecule has 1 N–H and O–H groups in total. The summed E-state index contributed by atoms with van der Waals surface area (Å²) >= 11 is 0. The van der Waals surface area contributed by atoms with Crippen LogP contribution in [0.25, 0.3) is 0 Å². The third-order valence-corrected chi connectivity index (χ3v) is 7.27. The molecule has 3 rings (SSSR count). The predicted molar refractivity (Wildman–Crippen MR) is 134 cm³/mol. The van der Waals surface area contributed by atoms with E-state index in [1.54, 1.807) is 6.92 Å². The number of non-ortho nitro benzene ring substituents is 1. The molecule has 10 nitrogen and oxygen atoms in total. The second kappa shape index (κ2) is 11.5. The van der Waals surface area contributed by atoms with Gasteiger partial charge in [0.25, 0.3) is 5.69 Å². The van der Waals surface area contributed by atoms with Gasteiger partial charge in [-0.15, -0.1) is 0 Å². The van der Waals surface area contributed by atoms with Crippen LogP contribution in [0.1, 0.15) is 37.3 Å². The maximum Gasteiger partial charge on any atom is 0.271 e. The Balaban J connectivity index is 1.87. The number of carbonyl (C=O) groups excluding carboxylic acids is 1. The monoisotopic (exact) mass is 504 g/mol. The zero-order valence-electron chi connectivity index (χ0n) is 20.3. The second-order valence-corrected chi connectivity index (χ2v) is 10.4. The van der Waals surface area contributed by atoms with Gasteiger partial charge in [0.05, 0.1) is 18.3 Å². The number of anilines is 1. The van der Waals surface area contributed by atoms with Crippen molar-refractivity contribution in [1.29, 1.82) is 0 Å². The largest absolute Gasteiger partial charge is 0.495 e. The van der Waals surface area contributed by atoms with Gasteiger partial charge in [-0.25, -0.2) is 8.42 Å². The maximum atomic E-state index is 13.3. The first-order valence-corrected chi connectivity index (χ1v) is 13.4. The van der Waals surface area contributed by atoms with E-state index in [1.807, 2.05) is 24.3 Å². The number of sulfonamides is 1. The molecule has 1 saturated heterocycles. The number of benzene rings is 2. The van der Waals surface area contributed by atoms with Gasteiger partial charge in [0.15, 0.2) is 0 Å². The lowest BCUT2D eigenvalue weighted by molar-refractivity contribution is -0.384. The average Bonchev–Trinajstić information content (AvgIpc) is 3.33. The van der Waals surface area contributed by atoms with Crippen LogP contribution in [0.15, 0.2) is 42.5 Å². The fourth-order valence-corrected chi connectivity index (χ4v) is 5.57. The van der Waals surface area contributed by atoms with Gasteiger partial charge in [-0.05, 0) is 49.5 Å². The highest BCUT2D eigenvalue weighted by Crippen LogP contribution is 2.35. The minimum Gasteiger partial charge on any atom is -0.495 e. The van der Waals surface area contributed by atoms with E-state index in [9.17, 15) is 23.3 Å². The minimum absolute atomic E-state index is 0.0550. The summed E-state index contributed by atoms with van der Waals surface area (Å²) in [6, 6.07) is 10.4. The highest BCUT2D eigenvalue weighted by atomic mass is 32.2. The Morgan fingerprint density at radius 3 is 2.43 bits per heavy atom. The molecule has 11 heteroatoms. The lowest BCUT2D eigenvalue weighted by Gasteiger charge is -2.31. The van der Waals surface area contributed by atoms with Crippen LogP contribution >= 0.6 is 0 Å². The summed E-state index contributed by atoms with van der Waals surface area (Å²) in [5.74, 6) is -0.384. The molecule has 1 atom stereocenters. The van der Waals surface area contributed by atoms with Gasteiger partial charge in [-0.1, -0.05) is 31.2 Å². The Kier molecular flexibility index (Phi) is 8.68. The number of hydrogen-bond donors (Lipinski definition) is 1. The van der Waals surface area contributed by atoms with Gasteiger partial charge in [-0.3, -0.25) is 24.1 Å². The molecule has 1 aliphatic rings. The van der Waals surface area contributed by atoms with Gasteiger partial charge in [0.1, 0.15) is 17.5 Å². The van der Waals surface area contributed by atoms with E-state index in [1.165, 1.54) is 32.1 Å². The number of hydrogen-bond acceptors (Lipinski definition) is 7. The van der Waals surface area contributed by atoms with Crippen molar-refractivity contribution in [3.8, 4) is 5.75 Å². The van der Waals surface area contributed by atoms with Crippen molar-refractivity contribution in [1.82, 2.24) is 10.2 Å². The zero-order valence-corrected chi connectivity index (χ0v) is 21.1. The molecular formula is C24H32N4O6S. The van der Waals surface area contributed by atoms with E-state index >= 15 is 0 Å². The Labute approximate surface area is 206 Å². The molecule has 1 heterocycles. The van der Waals surface area contributed by atoms with Crippen molar-refractivity contribution < 1.29 is 22.9 Å². The van der Waals surface area contributed by atoms with Crippen LogP contribution in [0.5, 0.6) is 5.75 Å². The Bertz CT molecular complexity index is 1160. The van der Waals surface area contributed by atoms with Crippen molar-refractivity contribution in [2.45, 2.75) is 45.3 Å². The molecule has 1 amide bonds. The van der Waals surface area contributed by atoms with E-state index in [0.717, 1.165) is 47.4 Å². The number of nitrogens with zero attached hydrogens (tertiary/aromatic N) is 3. The molecule has 0 aromatic heterocycles.